The van der Waals surface area contributed by atoms with E-state index in [2.05, 4.69) is 4.72 Å². The number of hydrogen-bond acceptors (Lipinski definition) is 4. The van der Waals surface area contributed by atoms with Crippen LogP contribution in [-0.4, -0.2) is 22.1 Å². The van der Waals surface area contributed by atoms with Gasteiger partial charge in [0.2, 0.25) is 10.0 Å². The summed E-state index contributed by atoms with van der Waals surface area (Å²) in [5.41, 5.74) is 1.84. The van der Waals surface area contributed by atoms with Crippen molar-refractivity contribution in [2.45, 2.75) is 31.7 Å². The van der Waals surface area contributed by atoms with E-state index in [4.69, 9.17) is 9.47 Å². The molecule has 6 heteroatoms. The van der Waals surface area contributed by atoms with Crippen molar-refractivity contribution in [1.29, 1.82) is 0 Å². The zero-order valence-electron chi connectivity index (χ0n) is 14.4. The molecule has 0 aliphatic heterocycles. The Morgan fingerprint density at radius 1 is 1.12 bits per heavy atom. The SMILES string of the molecule is CCOc1ccc(S(=O)(=O)NC(C)c2cc(C)ccc2OC)cc1. The lowest BCUT2D eigenvalue weighted by Gasteiger charge is -2.18. The molecular weight excluding hydrogens is 326 g/mol. The molecule has 2 aromatic carbocycles. The second-order valence-electron chi connectivity index (χ2n) is 5.49. The number of hydrogen-bond donors (Lipinski definition) is 1. The van der Waals surface area contributed by atoms with Crippen LogP contribution in [0.1, 0.15) is 31.0 Å². The number of methoxy groups -OCH3 is 1. The minimum atomic E-state index is -3.64. The zero-order valence-corrected chi connectivity index (χ0v) is 15.2. The van der Waals surface area contributed by atoms with Gasteiger partial charge in [-0.15, -0.1) is 0 Å². The monoisotopic (exact) mass is 349 g/mol. The third kappa shape index (κ3) is 4.27. The van der Waals surface area contributed by atoms with Crippen molar-refractivity contribution in [3.8, 4) is 11.5 Å². The van der Waals surface area contributed by atoms with E-state index in [9.17, 15) is 8.42 Å². The molecule has 0 saturated heterocycles. The van der Waals surface area contributed by atoms with Gasteiger partial charge in [-0.25, -0.2) is 13.1 Å². The molecule has 0 aromatic heterocycles. The summed E-state index contributed by atoms with van der Waals surface area (Å²) >= 11 is 0. The Balaban J connectivity index is 2.23. The van der Waals surface area contributed by atoms with Crippen LogP contribution in [0, 0.1) is 6.92 Å². The molecule has 0 amide bonds. The Bertz CT molecular complexity index is 785. The van der Waals surface area contributed by atoms with Crippen LogP contribution in [-0.2, 0) is 10.0 Å². The number of ether oxygens (including phenoxy) is 2. The van der Waals surface area contributed by atoms with Gasteiger partial charge >= 0.3 is 0 Å². The van der Waals surface area contributed by atoms with E-state index < -0.39 is 16.1 Å². The highest BCUT2D eigenvalue weighted by atomic mass is 32.2. The van der Waals surface area contributed by atoms with Crippen LogP contribution in [0.2, 0.25) is 0 Å². The predicted octanol–water partition coefficient (Wildman–Crippen LogP) is 3.44. The Hall–Kier alpha value is -2.05. The average molecular weight is 349 g/mol. The zero-order chi connectivity index (χ0) is 17.7. The fourth-order valence-electron chi connectivity index (χ4n) is 2.44. The van der Waals surface area contributed by atoms with Crippen LogP contribution >= 0.6 is 0 Å². The second-order valence-corrected chi connectivity index (χ2v) is 7.21. The molecule has 24 heavy (non-hydrogen) atoms. The molecule has 0 heterocycles. The van der Waals surface area contributed by atoms with Gasteiger partial charge in [0, 0.05) is 11.6 Å². The number of rotatable bonds is 7. The quantitative estimate of drug-likeness (QED) is 0.832. The highest BCUT2D eigenvalue weighted by Crippen LogP contribution is 2.27. The molecular formula is C18H23NO4S. The molecule has 0 aliphatic rings. The lowest BCUT2D eigenvalue weighted by atomic mass is 10.1. The van der Waals surface area contributed by atoms with E-state index in [1.165, 1.54) is 12.1 Å². The molecule has 1 atom stereocenters. The Morgan fingerprint density at radius 3 is 2.38 bits per heavy atom. The minimum absolute atomic E-state index is 0.199. The van der Waals surface area contributed by atoms with E-state index in [0.717, 1.165) is 11.1 Å². The third-order valence-corrected chi connectivity index (χ3v) is 5.19. The third-order valence-electron chi connectivity index (χ3n) is 3.63. The van der Waals surface area contributed by atoms with Crippen molar-refractivity contribution < 1.29 is 17.9 Å². The number of aryl methyl sites for hydroxylation is 1. The maximum atomic E-state index is 12.6. The summed E-state index contributed by atoms with van der Waals surface area (Å²) in [5.74, 6) is 1.30. The Morgan fingerprint density at radius 2 is 1.79 bits per heavy atom. The van der Waals surface area contributed by atoms with Gasteiger partial charge in [-0.3, -0.25) is 0 Å². The van der Waals surface area contributed by atoms with Crippen LogP contribution in [0.15, 0.2) is 47.4 Å². The van der Waals surface area contributed by atoms with Crippen molar-refractivity contribution in [2.24, 2.45) is 0 Å². The van der Waals surface area contributed by atoms with Crippen molar-refractivity contribution in [3.63, 3.8) is 0 Å². The molecule has 0 radical (unpaired) electrons. The first kappa shape index (κ1) is 18.3. The van der Waals surface area contributed by atoms with Crippen LogP contribution in [0.4, 0.5) is 0 Å². The first-order valence-corrected chi connectivity index (χ1v) is 9.25. The standard InChI is InChI=1S/C18H23NO4S/c1-5-23-15-7-9-16(10-8-15)24(20,21)19-14(3)17-12-13(2)6-11-18(17)22-4/h6-12,14,19H,5H2,1-4H3. The summed E-state index contributed by atoms with van der Waals surface area (Å²) in [6, 6.07) is 11.6. The fraction of sp³-hybridized carbons (Fsp3) is 0.333. The van der Waals surface area contributed by atoms with Gasteiger partial charge in [-0.2, -0.15) is 0 Å². The number of nitrogens with one attached hydrogen (secondary N) is 1. The smallest absolute Gasteiger partial charge is 0.241 e. The predicted molar refractivity (Wildman–Crippen MR) is 94.1 cm³/mol. The summed E-state index contributed by atoms with van der Waals surface area (Å²) in [4.78, 5) is 0.199. The van der Waals surface area contributed by atoms with Gasteiger partial charge < -0.3 is 9.47 Å². The maximum Gasteiger partial charge on any atom is 0.241 e. The van der Waals surface area contributed by atoms with Crippen molar-refractivity contribution in [3.05, 3.63) is 53.6 Å². The summed E-state index contributed by atoms with van der Waals surface area (Å²) in [5, 5.41) is 0. The Kier molecular flexibility index (Phi) is 5.85. The normalized spacial score (nSPS) is 12.7. The second kappa shape index (κ2) is 7.68. The maximum absolute atomic E-state index is 12.6. The van der Waals surface area contributed by atoms with Crippen LogP contribution < -0.4 is 14.2 Å². The summed E-state index contributed by atoms with van der Waals surface area (Å²) in [6.07, 6.45) is 0. The minimum Gasteiger partial charge on any atom is -0.496 e. The molecule has 2 rings (SSSR count). The molecule has 2 aromatic rings. The molecule has 0 saturated carbocycles. The average Bonchev–Trinajstić information content (AvgIpc) is 2.55. The van der Waals surface area contributed by atoms with Crippen LogP contribution in [0.3, 0.4) is 0 Å². The number of sulfonamides is 1. The van der Waals surface area contributed by atoms with Crippen LogP contribution in [0.25, 0.3) is 0 Å². The lowest BCUT2D eigenvalue weighted by Crippen LogP contribution is -2.27. The molecule has 5 nitrogen and oxygen atoms in total. The highest BCUT2D eigenvalue weighted by molar-refractivity contribution is 7.89. The van der Waals surface area contributed by atoms with E-state index in [1.54, 1.807) is 26.2 Å². The van der Waals surface area contributed by atoms with Gasteiger partial charge in [0.25, 0.3) is 0 Å². The highest BCUT2D eigenvalue weighted by Gasteiger charge is 2.20. The first-order valence-electron chi connectivity index (χ1n) is 7.77. The molecule has 1 N–H and O–H groups in total. The van der Waals surface area contributed by atoms with E-state index in [1.807, 2.05) is 32.0 Å². The van der Waals surface area contributed by atoms with Crippen molar-refractivity contribution in [2.75, 3.05) is 13.7 Å². The Labute approximate surface area is 143 Å². The summed E-state index contributed by atoms with van der Waals surface area (Å²) < 4.78 is 38.5. The van der Waals surface area contributed by atoms with E-state index in [-0.39, 0.29) is 4.90 Å². The van der Waals surface area contributed by atoms with Gasteiger partial charge in [0.15, 0.2) is 0 Å². The van der Waals surface area contributed by atoms with Crippen molar-refractivity contribution >= 4 is 10.0 Å². The molecule has 0 spiro atoms. The largest absolute Gasteiger partial charge is 0.496 e. The lowest BCUT2D eigenvalue weighted by molar-refractivity contribution is 0.340. The van der Waals surface area contributed by atoms with Gasteiger partial charge in [0.1, 0.15) is 11.5 Å². The molecule has 0 aliphatic carbocycles. The van der Waals surface area contributed by atoms with Gasteiger partial charge in [-0.1, -0.05) is 17.7 Å². The van der Waals surface area contributed by atoms with Crippen molar-refractivity contribution in [1.82, 2.24) is 4.72 Å². The first-order chi connectivity index (χ1) is 11.4. The molecule has 0 fully saturated rings. The molecule has 130 valence electrons. The molecule has 0 bridgehead atoms. The topological polar surface area (TPSA) is 64.6 Å². The summed E-state index contributed by atoms with van der Waals surface area (Å²) in [6.45, 7) is 6.16. The van der Waals surface area contributed by atoms with Gasteiger partial charge in [-0.05, 0) is 51.1 Å². The van der Waals surface area contributed by atoms with Gasteiger partial charge in [0.05, 0.1) is 18.6 Å². The van der Waals surface area contributed by atoms with Crippen LogP contribution in [0.5, 0.6) is 11.5 Å². The van der Waals surface area contributed by atoms with E-state index >= 15 is 0 Å². The molecule has 1 unspecified atom stereocenters. The van der Waals surface area contributed by atoms with E-state index in [0.29, 0.717) is 18.1 Å². The number of benzene rings is 2. The fourth-order valence-corrected chi connectivity index (χ4v) is 3.66. The summed E-state index contributed by atoms with van der Waals surface area (Å²) in [7, 11) is -2.07.